The molecule has 142 valence electrons. The summed E-state index contributed by atoms with van der Waals surface area (Å²) in [5, 5.41) is 5.68. The highest BCUT2D eigenvalue weighted by Crippen LogP contribution is 2.25. The highest BCUT2D eigenvalue weighted by Gasteiger charge is 2.35. The number of carbonyl (C=O) groups excluding carboxylic acids is 3. The largest absolute Gasteiger partial charge is 0.347 e. The molecule has 1 fully saturated rings. The van der Waals surface area contributed by atoms with Gasteiger partial charge < -0.3 is 15.5 Å². The van der Waals surface area contributed by atoms with Crippen molar-refractivity contribution in [2.75, 3.05) is 23.3 Å². The quantitative estimate of drug-likeness (QED) is 0.817. The number of thiazole rings is 1. The van der Waals surface area contributed by atoms with Gasteiger partial charge in [0.25, 0.3) is 0 Å². The van der Waals surface area contributed by atoms with Crippen LogP contribution in [0.2, 0.25) is 0 Å². The zero-order valence-electron chi connectivity index (χ0n) is 14.9. The van der Waals surface area contributed by atoms with E-state index in [2.05, 4.69) is 15.6 Å². The van der Waals surface area contributed by atoms with Crippen LogP contribution in [0.3, 0.4) is 0 Å². The fraction of sp³-hybridized carbons (Fsp3) is 0.333. The molecule has 2 heterocycles. The van der Waals surface area contributed by atoms with Gasteiger partial charge in [-0.1, -0.05) is 0 Å². The van der Waals surface area contributed by atoms with E-state index in [9.17, 15) is 18.8 Å². The number of anilines is 2. The normalized spacial score (nSPS) is 16.5. The number of nitrogens with zero attached hydrogens (tertiary/aromatic N) is 2. The maximum atomic E-state index is 13.0. The predicted molar refractivity (Wildman–Crippen MR) is 100 cm³/mol. The van der Waals surface area contributed by atoms with Crippen LogP contribution in [-0.2, 0) is 14.4 Å². The van der Waals surface area contributed by atoms with Crippen LogP contribution >= 0.6 is 11.3 Å². The van der Waals surface area contributed by atoms with Crippen molar-refractivity contribution in [2.24, 2.45) is 5.92 Å². The standard InChI is InChI=1S/C18H19FN4O3S/c1-10-11(2)27-18(21-10)22-15(24)8-20-17(26)12-7-16(25)23(9-12)14-5-3-13(19)4-6-14/h3-6,12H,7-9H2,1-2H3,(H,20,26)(H,21,22,24)/t12-/m1/s1. The summed E-state index contributed by atoms with van der Waals surface area (Å²) in [4.78, 5) is 43.1. The van der Waals surface area contributed by atoms with Crippen LogP contribution in [0.25, 0.3) is 0 Å². The molecule has 1 atom stereocenters. The summed E-state index contributed by atoms with van der Waals surface area (Å²) in [7, 11) is 0. The minimum absolute atomic E-state index is 0.0513. The summed E-state index contributed by atoms with van der Waals surface area (Å²) in [5.74, 6) is -1.90. The van der Waals surface area contributed by atoms with Gasteiger partial charge in [-0.3, -0.25) is 14.4 Å². The van der Waals surface area contributed by atoms with Crippen molar-refractivity contribution in [3.63, 3.8) is 0 Å². The summed E-state index contributed by atoms with van der Waals surface area (Å²) in [5.41, 5.74) is 1.40. The van der Waals surface area contributed by atoms with Crippen molar-refractivity contribution < 1.29 is 18.8 Å². The van der Waals surface area contributed by atoms with Crippen LogP contribution in [-0.4, -0.2) is 35.8 Å². The molecule has 1 aromatic carbocycles. The second-order valence-corrected chi connectivity index (χ2v) is 7.51. The van der Waals surface area contributed by atoms with Gasteiger partial charge in [0.05, 0.1) is 18.2 Å². The minimum atomic E-state index is -0.556. The van der Waals surface area contributed by atoms with Gasteiger partial charge >= 0.3 is 0 Å². The molecule has 0 spiro atoms. The average molecular weight is 390 g/mol. The Hall–Kier alpha value is -2.81. The summed E-state index contributed by atoms with van der Waals surface area (Å²) >= 11 is 1.37. The third-order valence-electron chi connectivity index (χ3n) is 4.33. The maximum Gasteiger partial charge on any atom is 0.245 e. The molecular formula is C18H19FN4O3S. The van der Waals surface area contributed by atoms with E-state index in [1.165, 1.54) is 40.5 Å². The SMILES string of the molecule is Cc1nc(NC(=O)CNC(=O)[C@@H]2CC(=O)N(c3ccc(F)cc3)C2)sc1C. The summed E-state index contributed by atoms with van der Waals surface area (Å²) in [6.07, 6.45) is 0.0513. The summed E-state index contributed by atoms with van der Waals surface area (Å²) in [6.45, 7) is 3.77. The van der Waals surface area contributed by atoms with Gasteiger partial charge in [0.2, 0.25) is 17.7 Å². The lowest BCUT2D eigenvalue weighted by Crippen LogP contribution is -2.37. The van der Waals surface area contributed by atoms with Gasteiger partial charge in [-0.25, -0.2) is 9.37 Å². The number of nitrogens with one attached hydrogen (secondary N) is 2. The molecule has 1 aliphatic heterocycles. The molecule has 1 saturated heterocycles. The topological polar surface area (TPSA) is 91.4 Å². The first-order chi connectivity index (χ1) is 12.8. The zero-order chi connectivity index (χ0) is 19.6. The number of hydrogen-bond acceptors (Lipinski definition) is 5. The Balaban J connectivity index is 1.51. The Bertz CT molecular complexity index is 862. The summed E-state index contributed by atoms with van der Waals surface area (Å²) < 4.78 is 13.0. The van der Waals surface area contributed by atoms with Crippen molar-refractivity contribution in [2.45, 2.75) is 20.3 Å². The summed E-state index contributed by atoms with van der Waals surface area (Å²) in [6, 6.07) is 5.53. The van der Waals surface area contributed by atoms with Crippen molar-refractivity contribution in [3.8, 4) is 0 Å². The molecule has 0 bridgehead atoms. The van der Waals surface area contributed by atoms with E-state index >= 15 is 0 Å². The molecule has 0 saturated carbocycles. The Kier molecular flexibility index (Phi) is 5.50. The Morgan fingerprint density at radius 1 is 1.30 bits per heavy atom. The molecule has 27 heavy (non-hydrogen) atoms. The maximum absolute atomic E-state index is 13.0. The number of hydrogen-bond donors (Lipinski definition) is 2. The molecule has 1 aliphatic rings. The highest BCUT2D eigenvalue weighted by atomic mass is 32.1. The Morgan fingerprint density at radius 2 is 2.00 bits per heavy atom. The fourth-order valence-corrected chi connectivity index (χ4v) is 3.59. The van der Waals surface area contributed by atoms with Crippen molar-refractivity contribution in [1.82, 2.24) is 10.3 Å². The highest BCUT2D eigenvalue weighted by molar-refractivity contribution is 7.15. The molecule has 2 N–H and O–H groups in total. The van der Waals surface area contributed by atoms with Gasteiger partial charge in [-0.05, 0) is 38.1 Å². The number of aromatic nitrogens is 1. The molecule has 3 rings (SSSR count). The monoisotopic (exact) mass is 390 g/mol. The number of amides is 3. The van der Waals surface area contributed by atoms with Crippen molar-refractivity contribution in [1.29, 1.82) is 0 Å². The van der Waals surface area contributed by atoms with E-state index in [0.29, 0.717) is 10.8 Å². The number of carbonyl (C=O) groups is 3. The minimum Gasteiger partial charge on any atom is -0.347 e. The van der Waals surface area contributed by atoms with Crippen LogP contribution in [0.5, 0.6) is 0 Å². The Labute approximate surface area is 159 Å². The molecule has 7 nitrogen and oxygen atoms in total. The van der Waals surface area contributed by atoms with Crippen molar-refractivity contribution >= 4 is 39.9 Å². The van der Waals surface area contributed by atoms with Crippen molar-refractivity contribution in [3.05, 3.63) is 40.7 Å². The lowest BCUT2D eigenvalue weighted by molar-refractivity contribution is -0.127. The second-order valence-electron chi connectivity index (χ2n) is 6.31. The van der Waals surface area contributed by atoms with E-state index < -0.39 is 11.7 Å². The number of halogens is 1. The number of aryl methyl sites for hydroxylation is 2. The first-order valence-corrected chi connectivity index (χ1v) is 9.22. The molecule has 0 radical (unpaired) electrons. The molecular weight excluding hydrogens is 371 g/mol. The molecule has 1 aromatic heterocycles. The smallest absolute Gasteiger partial charge is 0.245 e. The van der Waals surface area contributed by atoms with E-state index in [1.807, 2.05) is 13.8 Å². The van der Waals surface area contributed by atoms with E-state index in [-0.39, 0.29) is 37.2 Å². The van der Waals surface area contributed by atoms with Gasteiger partial charge in [0.1, 0.15) is 5.82 Å². The van der Waals surface area contributed by atoms with E-state index in [0.717, 1.165) is 10.6 Å². The van der Waals surface area contributed by atoms with Crippen LogP contribution in [0.1, 0.15) is 17.0 Å². The molecule has 0 aliphatic carbocycles. The van der Waals surface area contributed by atoms with Gasteiger partial charge in [0, 0.05) is 23.5 Å². The van der Waals surface area contributed by atoms with Crippen LogP contribution in [0.15, 0.2) is 24.3 Å². The third kappa shape index (κ3) is 4.48. The predicted octanol–water partition coefficient (Wildman–Crippen LogP) is 2.01. The lowest BCUT2D eigenvalue weighted by Gasteiger charge is -2.16. The third-order valence-corrected chi connectivity index (χ3v) is 5.32. The first-order valence-electron chi connectivity index (χ1n) is 8.41. The molecule has 2 aromatic rings. The van der Waals surface area contributed by atoms with E-state index in [4.69, 9.17) is 0 Å². The van der Waals surface area contributed by atoms with Gasteiger partial charge in [-0.15, -0.1) is 11.3 Å². The second kappa shape index (κ2) is 7.83. The zero-order valence-corrected chi connectivity index (χ0v) is 15.7. The van der Waals surface area contributed by atoms with Crippen LogP contribution < -0.4 is 15.5 Å². The van der Waals surface area contributed by atoms with Crippen LogP contribution in [0.4, 0.5) is 15.2 Å². The number of benzene rings is 1. The van der Waals surface area contributed by atoms with E-state index in [1.54, 1.807) is 0 Å². The first kappa shape index (κ1) is 19.0. The lowest BCUT2D eigenvalue weighted by atomic mass is 10.1. The average Bonchev–Trinajstić information content (AvgIpc) is 3.16. The van der Waals surface area contributed by atoms with Gasteiger partial charge in [0.15, 0.2) is 5.13 Å². The van der Waals surface area contributed by atoms with Crippen LogP contribution in [0, 0.1) is 25.6 Å². The Morgan fingerprint density at radius 3 is 2.63 bits per heavy atom. The van der Waals surface area contributed by atoms with Gasteiger partial charge in [-0.2, -0.15) is 0 Å². The number of rotatable bonds is 5. The molecule has 0 unspecified atom stereocenters. The molecule has 9 heteroatoms. The molecule has 3 amide bonds. The fourth-order valence-electron chi connectivity index (χ4n) is 2.76.